The van der Waals surface area contributed by atoms with Crippen molar-refractivity contribution in [2.75, 3.05) is 25.1 Å². The molecule has 0 aliphatic carbocycles. The Bertz CT molecular complexity index is 2190. The fourth-order valence-electron chi connectivity index (χ4n) is 5.51. The molecule has 0 saturated carbocycles. The molecule has 6 aromatic rings. The van der Waals surface area contributed by atoms with Crippen molar-refractivity contribution in [3.63, 3.8) is 0 Å². The van der Waals surface area contributed by atoms with Crippen LogP contribution in [0.15, 0.2) is 70.2 Å². The summed E-state index contributed by atoms with van der Waals surface area (Å²) in [6.07, 6.45) is 7.65. The summed E-state index contributed by atoms with van der Waals surface area (Å²) in [7, 11) is 1.70. The Labute approximate surface area is 271 Å². The van der Waals surface area contributed by atoms with E-state index in [-0.39, 0.29) is 28.7 Å². The molecule has 7 rings (SSSR count). The van der Waals surface area contributed by atoms with Gasteiger partial charge in [0.15, 0.2) is 22.2 Å². The maximum absolute atomic E-state index is 12.6. The van der Waals surface area contributed by atoms with Crippen LogP contribution in [0.1, 0.15) is 42.7 Å². The number of imidazole rings is 1. The normalized spacial score (nSPS) is 16.1. The number of aromatic nitrogens is 7. The topological polar surface area (TPSA) is 181 Å². The van der Waals surface area contributed by atoms with Crippen molar-refractivity contribution >= 4 is 45.2 Å². The highest BCUT2D eigenvalue weighted by molar-refractivity contribution is 7.12. The van der Waals surface area contributed by atoms with Crippen molar-refractivity contribution in [1.82, 2.24) is 34.1 Å². The van der Waals surface area contributed by atoms with Gasteiger partial charge in [0, 0.05) is 62.0 Å². The predicted molar refractivity (Wildman–Crippen MR) is 177 cm³/mol. The molecule has 14 nitrogen and oxygen atoms in total. The maximum Gasteiger partial charge on any atom is 0.341 e. The summed E-state index contributed by atoms with van der Waals surface area (Å²) in [6.45, 7) is 7.70. The number of ether oxygens (including phenoxy) is 1. The summed E-state index contributed by atoms with van der Waals surface area (Å²) < 4.78 is 8.66. The Morgan fingerprint density at radius 2 is 1.74 bits per heavy atom. The molecule has 0 spiro atoms. The number of aromatic hydroxyl groups is 1. The molecule has 242 valence electrons. The van der Waals surface area contributed by atoms with Crippen molar-refractivity contribution in [1.29, 1.82) is 0 Å². The number of nitrogens with one attached hydrogen (secondary N) is 1. The second-order valence-electron chi connectivity index (χ2n) is 11.4. The van der Waals surface area contributed by atoms with Crippen molar-refractivity contribution in [3.05, 3.63) is 92.3 Å². The third-order valence-corrected chi connectivity index (χ3v) is 8.79. The van der Waals surface area contributed by atoms with Crippen LogP contribution in [-0.4, -0.2) is 76.5 Å². The number of fused-ring (bicyclic) bond motifs is 2. The zero-order valence-corrected chi connectivity index (χ0v) is 26.8. The first-order chi connectivity index (χ1) is 22.6. The van der Waals surface area contributed by atoms with Crippen LogP contribution >= 0.6 is 11.3 Å². The minimum Gasteiger partial charge on any atom is -0.503 e. The fourth-order valence-corrected chi connectivity index (χ4v) is 6.13. The lowest BCUT2D eigenvalue weighted by Crippen LogP contribution is -2.24. The van der Waals surface area contributed by atoms with Gasteiger partial charge in [-0.1, -0.05) is 20.8 Å². The van der Waals surface area contributed by atoms with Gasteiger partial charge in [0.2, 0.25) is 16.8 Å². The number of carboxylic acids is 1. The molecule has 47 heavy (non-hydrogen) atoms. The van der Waals surface area contributed by atoms with E-state index in [1.807, 2.05) is 13.8 Å². The van der Waals surface area contributed by atoms with Gasteiger partial charge >= 0.3 is 5.97 Å². The number of H-pyrrole nitrogens is 1. The van der Waals surface area contributed by atoms with Gasteiger partial charge in [0.1, 0.15) is 11.4 Å². The van der Waals surface area contributed by atoms with Gasteiger partial charge in [0.05, 0.1) is 23.1 Å². The van der Waals surface area contributed by atoms with E-state index in [9.17, 15) is 24.6 Å². The maximum atomic E-state index is 12.6. The molecule has 7 heterocycles. The highest BCUT2D eigenvalue weighted by Gasteiger charge is 2.30. The number of hydrogen-bond donors (Lipinski definition) is 3. The minimum absolute atomic E-state index is 0.123. The second kappa shape index (κ2) is 12.8. The Balaban J connectivity index is 0.000000172. The highest BCUT2D eigenvalue weighted by atomic mass is 32.1. The molecule has 0 radical (unpaired) electrons. The number of aromatic amines is 1. The number of nitrogens with zero attached hydrogens (tertiary/aromatic N) is 7. The van der Waals surface area contributed by atoms with Crippen LogP contribution in [-0.2, 0) is 4.74 Å². The molecule has 6 aromatic heterocycles. The summed E-state index contributed by atoms with van der Waals surface area (Å²) in [5.41, 5.74) is 0.476. The van der Waals surface area contributed by atoms with Crippen LogP contribution in [0.3, 0.4) is 0 Å². The van der Waals surface area contributed by atoms with Crippen LogP contribution in [0.2, 0.25) is 0 Å². The molecule has 0 aromatic carbocycles. The van der Waals surface area contributed by atoms with E-state index in [0.29, 0.717) is 40.2 Å². The molecular formula is C32H32N8O6S. The van der Waals surface area contributed by atoms with Crippen LogP contribution in [0.5, 0.6) is 5.75 Å². The van der Waals surface area contributed by atoms with Gasteiger partial charge in [-0.15, -0.1) is 11.3 Å². The quantitative estimate of drug-likeness (QED) is 0.236. The fraction of sp³-hybridized carbons (Fsp3) is 0.281. The SMILES string of the molecule is CC(C)c1ccc2c(=O)c(O)cn(-c3ncc[nH]3)c2n1.CO[C@H]1CN(c2ccc3c(=O)c(C(=O)O)cn(-c4nccs4)c3n2)CC1C. The van der Waals surface area contributed by atoms with Crippen LogP contribution in [0, 0.1) is 5.92 Å². The Hall–Kier alpha value is -5.41. The second-order valence-corrected chi connectivity index (χ2v) is 12.3. The van der Waals surface area contributed by atoms with E-state index in [4.69, 9.17) is 4.74 Å². The summed E-state index contributed by atoms with van der Waals surface area (Å²) in [6, 6.07) is 6.90. The van der Waals surface area contributed by atoms with Gasteiger partial charge in [-0.2, -0.15) is 0 Å². The van der Waals surface area contributed by atoms with Gasteiger partial charge in [-0.05, 0) is 30.2 Å². The predicted octanol–water partition coefficient (Wildman–Crippen LogP) is 3.95. The molecule has 3 N–H and O–H groups in total. The van der Waals surface area contributed by atoms with Crippen molar-refractivity contribution in [2.24, 2.45) is 5.92 Å². The molecule has 1 aliphatic heterocycles. The molecule has 1 unspecified atom stereocenters. The van der Waals surface area contributed by atoms with E-state index in [1.165, 1.54) is 23.7 Å². The summed E-state index contributed by atoms with van der Waals surface area (Å²) in [4.78, 5) is 58.7. The highest BCUT2D eigenvalue weighted by Crippen LogP contribution is 2.27. The first-order valence-corrected chi connectivity index (χ1v) is 15.7. The van der Waals surface area contributed by atoms with Crippen LogP contribution in [0.25, 0.3) is 33.1 Å². The summed E-state index contributed by atoms with van der Waals surface area (Å²) in [5, 5.41) is 22.1. The average Bonchev–Trinajstić information content (AvgIpc) is 3.86. The smallest absolute Gasteiger partial charge is 0.341 e. The number of hydrogen-bond acceptors (Lipinski definition) is 11. The van der Waals surface area contributed by atoms with Gasteiger partial charge in [0.25, 0.3) is 0 Å². The molecule has 15 heteroatoms. The third kappa shape index (κ3) is 5.97. The Morgan fingerprint density at radius 1 is 1.00 bits per heavy atom. The van der Waals surface area contributed by atoms with E-state index in [1.54, 1.807) is 64.5 Å². The average molecular weight is 657 g/mol. The number of pyridine rings is 4. The Morgan fingerprint density at radius 3 is 2.38 bits per heavy atom. The lowest BCUT2D eigenvalue weighted by atomic mass is 10.1. The number of methoxy groups -OCH3 is 1. The molecule has 0 amide bonds. The van der Waals surface area contributed by atoms with Crippen LogP contribution < -0.4 is 15.8 Å². The standard InChI is InChI=1S/C18H18N4O4S.C14H14N4O2/c1-10-7-21(9-13(10)26-2)14-4-3-11-15(23)12(17(24)25)8-22(16(11)20-14)18-19-5-6-27-18;1-8(2)10-4-3-9-12(20)11(19)7-18(13(9)17-10)14-15-5-6-16-14/h3-6,8,10,13H,7,9H2,1-2H3,(H,24,25);3-8,19H,1-2H3,(H,15,16)/t10?,13-;/m0./s1. The molecule has 1 fully saturated rings. The molecule has 1 saturated heterocycles. The van der Waals surface area contributed by atoms with E-state index in [0.717, 1.165) is 18.1 Å². The number of anilines is 1. The largest absolute Gasteiger partial charge is 0.503 e. The number of thiazole rings is 1. The number of rotatable bonds is 6. The van der Waals surface area contributed by atoms with Gasteiger partial charge in [-0.3, -0.25) is 18.7 Å². The van der Waals surface area contributed by atoms with E-state index in [2.05, 4.69) is 36.7 Å². The summed E-state index contributed by atoms with van der Waals surface area (Å²) in [5.74, 6) is 0.234. The number of aromatic carboxylic acids is 1. The minimum atomic E-state index is -1.27. The van der Waals surface area contributed by atoms with Crippen LogP contribution in [0.4, 0.5) is 5.82 Å². The lowest BCUT2D eigenvalue weighted by molar-refractivity contribution is 0.0695. The lowest BCUT2D eigenvalue weighted by Gasteiger charge is -2.18. The number of carbonyl (C=O) groups is 1. The monoisotopic (exact) mass is 656 g/mol. The molecule has 1 aliphatic rings. The van der Waals surface area contributed by atoms with Crippen molar-refractivity contribution in [3.8, 4) is 16.8 Å². The molecular weight excluding hydrogens is 624 g/mol. The zero-order valence-electron chi connectivity index (χ0n) is 26.0. The first kappa shape index (κ1) is 31.6. The van der Waals surface area contributed by atoms with E-state index >= 15 is 0 Å². The van der Waals surface area contributed by atoms with E-state index < -0.39 is 16.8 Å². The van der Waals surface area contributed by atoms with Crippen molar-refractivity contribution in [2.45, 2.75) is 32.8 Å². The first-order valence-electron chi connectivity index (χ1n) is 14.8. The van der Waals surface area contributed by atoms with Gasteiger partial charge in [-0.25, -0.2) is 24.7 Å². The zero-order chi connectivity index (χ0) is 33.4. The molecule has 0 bridgehead atoms. The van der Waals surface area contributed by atoms with Gasteiger partial charge < -0.3 is 24.8 Å². The summed E-state index contributed by atoms with van der Waals surface area (Å²) >= 11 is 1.34. The number of carboxylic acid groups (broad SMARTS) is 1. The third-order valence-electron chi connectivity index (χ3n) is 8.02. The van der Waals surface area contributed by atoms with Crippen molar-refractivity contribution < 1.29 is 19.7 Å². The molecule has 2 atom stereocenters. The Kier molecular flexibility index (Phi) is 8.58.